The SMILES string of the molecule is CC/C=C\C/C=C\C/C=C\C/C=C\C/C=C\CCCCCCCCCC(=O)NC(COP(=O)([O-])OCC[N+](C)(C)C)C(O)CCCCCCCCCCCCCCCCCCC. The van der Waals surface area contributed by atoms with Crippen LogP contribution in [0.1, 0.15) is 219 Å². The van der Waals surface area contributed by atoms with E-state index in [1.807, 2.05) is 21.1 Å². The first-order valence-electron chi connectivity index (χ1n) is 25.6. The van der Waals surface area contributed by atoms with E-state index in [-0.39, 0.29) is 19.1 Å². The summed E-state index contributed by atoms with van der Waals surface area (Å²) >= 11 is 0. The molecule has 362 valence electrons. The monoisotopic (exact) mass is 891 g/mol. The van der Waals surface area contributed by atoms with E-state index in [4.69, 9.17) is 9.05 Å². The lowest BCUT2D eigenvalue weighted by Gasteiger charge is -2.30. The zero-order chi connectivity index (χ0) is 45.7. The number of hydrogen-bond donors (Lipinski definition) is 2. The number of nitrogens with zero attached hydrogens (tertiary/aromatic N) is 1. The molecule has 62 heavy (non-hydrogen) atoms. The molecule has 1 amide bonds. The molecule has 0 aromatic heterocycles. The summed E-state index contributed by atoms with van der Waals surface area (Å²) in [6, 6.07) is -0.809. The molecule has 8 nitrogen and oxygen atoms in total. The van der Waals surface area contributed by atoms with Crippen molar-refractivity contribution in [3.05, 3.63) is 60.8 Å². The Balaban J connectivity index is 4.29. The Kier molecular flexibility index (Phi) is 43.1. The van der Waals surface area contributed by atoms with Crippen LogP contribution in [0, 0.1) is 0 Å². The van der Waals surface area contributed by atoms with Gasteiger partial charge in [0.25, 0.3) is 7.82 Å². The summed E-state index contributed by atoms with van der Waals surface area (Å²) in [4.78, 5) is 25.5. The second-order valence-corrected chi connectivity index (χ2v) is 19.9. The van der Waals surface area contributed by atoms with Crippen molar-refractivity contribution in [2.75, 3.05) is 40.9 Å². The van der Waals surface area contributed by atoms with Crippen molar-refractivity contribution in [2.24, 2.45) is 0 Å². The molecule has 0 spiro atoms. The molecule has 0 saturated heterocycles. The summed E-state index contributed by atoms with van der Waals surface area (Å²) in [5, 5.41) is 14.0. The van der Waals surface area contributed by atoms with E-state index in [2.05, 4.69) is 79.9 Å². The molecule has 0 radical (unpaired) electrons. The van der Waals surface area contributed by atoms with Crippen molar-refractivity contribution < 1.29 is 32.9 Å². The molecule has 0 aliphatic carbocycles. The van der Waals surface area contributed by atoms with E-state index in [0.29, 0.717) is 23.9 Å². The molecule has 3 atom stereocenters. The quantitative estimate of drug-likeness (QED) is 0.0273. The summed E-state index contributed by atoms with van der Waals surface area (Å²) < 4.78 is 23.4. The number of aliphatic hydroxyl groups is 1. The number of amides is 1. The number of phosphoric acid groups is 1. The van der Waals surface area contributed by atoms with E-state index in [0.717, 1.165) is 83.5 Å². The van der Waals surface area contributed by atoms with Crippen LogP contribution in [0.2, 0.25) is 0 Å². The number of rotatable bonds is 46. The molecule has 0 saturated carbocycles. The van der Waals surface area contributed by atoms with Gasteiger partial charge in [0, 0.05) is 6.42 Å². The minimum Gasteiger partial charge on any atom is -0.756 e. The van der Waals surface area contributed by atoms with Gasteiger partial charge in [0.2, 0.25) is 5.91 Å². The third-order valence-corrected chi connectivity index (χ3v) is 12.2. The first-order valence-corrected chi connectivity index (χ1v) is 27.1. The zero-order valence-electron chi connectivity index (χ0n) is 41.1. The minimum atomic E-state index is -4.58. The highest BCUT2D eigenvalue weighted by Gasteiger charge is 2.24. The van der Waals surface area contributed by atoms with Crippen LogP contribution in [0.15, 0.2) is 60.8 Å². The summed E-state index contributed by atoms with van der Waals surface area (Å²) in [5.41, 5.74) is 0. The molecule has 0 rings (SSSR count). The van der Waals surface area contributed by atoms with Crippen molar-refractivity contribution in [3.8, 4) is 0 Å². The highest BCUT2D eigenvalue weighted by atomic mass is 31.2. The van der Waals surface area contributed by atoms with Crippen LogP contribution in [0.5, 0.6) is 0 Å². The van der Waals surface area contributed by atoms with Crippen LogP contribution < -0.4 is 10.2 Å². The number of phosphoric ester groups is 1. The van der Waals surface area contributed by atoms with Crippen molar-refractivity contribution in [1.29, 1.82) is 0 Å². The Labute approximate surface area is 383 Å². The van der Waals surface area contributed by atoms with Gasteiger partial charge in [-0.05, 0) is 57.8 Å². The van der Waals surface area contributed by atoms with Crippen LogP contribution >= 0.6 is 7.82 Å². The van der Waals surface area contributed by atoms with Crippen molar-refractivity contribution >= 4 is 13.7 Å². The maximum absolute atomic E-state index is 12.9. The number of hydrogen-bond acceptors (Lipinski definition) is 6. The average molecular weight is 891 g/mol. The van der Waals surface area contributed by atoms with Gasteiger partial charge in [0.1, 0.15) is 13.2 Å². The van der Waals surface area contributed by atoms with Crippen molar-refractivity contribution in [2.45, 2.75) is 231 Å². The number of carbonyl (C=O) groups is 1. The van der Waals surface area contributed by atoms with Crippen LogP contribution in [0.3, 0.4) is 0 Å². The number of nitrogens with one attached hydrogen (secondary N) is 1. The molecular formula is C53H99N2O6P. The Morgan fingerprint density at radius 1 is 0.581 bits per heavy atom. The van der Waals surface area contributed by atoms with E-state index in [9.17, 15) is 19.4 Å². The van der Waals surface area contributed by atoms with E-state index in [1.165, 1.54) is 109 Å². The number of quaternary nitrogens is 1. The van der Waals surface area contributed by atoms with Crippen molar-refractivity contribution in [1.82, 2.24) is 5.32 Å². The number of likely N-dealkylation sites (N-methyl/N-ethyl adjacent to an activating group) is 1. The van der Waals surface area contributed by atoms with Crippen LogP contribution in [-0.4, -0.2) is 68.5 Å². The van der Waals surface area contributed by atoms with Gasteiger partial charge in [-0.3, -0.25) is 9.36 Å². The largest absolute Gasteiger partial charge is 0.756 e. The summed E-state index contributed by atoms with van der Waals surface area (Å²) in [6.07, 6.45) is 58.0. The molecule has 0 aliphatic rings. The van der Waals surface area contributed by atoms with Gasteiger partial charge >= 0.3 is 0 Å². The van der Waals surface area contributed by atoms with E-state index in [1.54, 1.807) is 0 Å². The van der Waals surface area contributed by atoms with Crippen LogP contribution in [0.4, 0.5) is 0 Å². The Bertz CT molecular complexity index is 1190. The smallest absolute Gasteiger partial charge is 0.268 e. The molecule has 0 aromatic rings. The molecule has 2 N–H and O–H groups in total. The summed E-state index contributed by atoms with van der Waals surface area (Å²) in [5.74, 6) is -0.177. The van der Waals surface area contributed by atoms with Crippen LogP contribution in [-0.2, 0) is 18.4 Å². The Morgan fingerprint density at radius 2 is 0.984 bits per heavy atom. The van der Waals surface area contributed by atoms with Gasteiger partial charge in [-0.15, -0.1) is 0 Å². The second kappa shape index (κ2) is 44.4. The highest BCUT2D eigenvalue weighted by Crippen LogP contribution is 2.38. The molecule has 0 aliphatic heterocycles. The molecule has 0 fully saturated rings. The average Bonchev–Trinajstić information content (AvgIpc) is 3.23. The Hall–Kier alpha value is -1.80. The molecular weight excluding hydrogens is 792 g/mol. The standard InChI is InChI=1S/C53H99N2O6P/c1-6-8-10-12-14-16-18-20-22-24-25-26-27-28-29-31-33-35-37-39-41-43-45-47-53(57)54-51(50-61-62(58,59)60-49-48-55(3,4)5)52(56)46-44-42-40-38-36-34-32-30-23-21-19-17-15-13-11-9-7-2/h8,10,14,16,20,22,25-26,28-29,51-52,56H,6-7,9,11-13,15,17-19,21,23-24,27,30-50H2,1-5H3,(H-,54,57,58,59)/b10-8-,16-14-,22-20-,26-25-,29-28-. The first kappa shape index (κ1) is 60.2. The summed E-state index contributed by atoms with van der Waals surface area (Å²) in [6.45, 7) is 4.60. The van der Waals surface area contributed by atoms with Gasteiger partial charge in [-0.1, -0.05) is 216 Å². The maximum atomic E-state index is 12.9. The fraction of sp³-hybridized carbons (Fsp3) is 0.792. The zero-order valence-corrected chi connectivity index (χ0v) is 42.0. The number of aliphatic hydroxyl groups excluding tert-OH is 1. The van der Waals surface area contributed by atoms with Gasteiger partial charge in [-0.25, -0.2) is 0 Å². The Morgan fingerprint density at radius 3 is 1.44 bits per heavy atom. The molecule has 0 aromatic carbocycles. The van der Waals surface area contributed by atoms with Gasteiger partial charge < -0.3 is 28.8 Å². The molecule has 0 bridgehead atoms. The predicted octanol–water partition coefficient (Wildman–Crippen LogP) is 14.3. The number of carbonyl (C=O) groups excluding carboxylic acids is 1. The van der Waals surface area contributed by atoms with Crippen LogP contribution in [0.25, 0.3) is 0 Å². The topological polar surface area (TPSA) is 108 Å². The lowest BCUT2D eigenvalue weighted by molar-refractivity contribution is -0.870. The van der Waals surface area contributed by atoms with Gasteiger partial charge in [0.15, 0.2) is 0 Å². The van der Waals surface area contributed by atoms with E-state index < -0.39 is 20.0 Å². The molecule has 9 heteroatoms. The van der Waals surface area contributed by atoms with Crippen molar-refractivity contribution in [3.63, 3.8) is 0 Å². The molecule has 3 unspecified atom stereocenters. The normalized spacial score (nSPS) is 14.6. The number of allylic oxidation sites excluding steroid dienone is 10. The molecule has 0 heterocycles. The maximum Gasteiger partial charge on any atom is 0.268 e. The fourth-order valence-electron chi connectivity index (χ4n) is 7.24. The highest BCUT2D eigenvalue weighted by molar-refractivity contribution is 7.45. The lowest BCUT2D eigenvalue weighted by atomic mass is 10.0. The van der Waals surface area contributed by atoms with Gasteiger partial charge in [-0.2, -0.15) is 0 Å². The lowest BCUT2D eigenvalue weighted by Crippen LogP contribution is -2.46. The third-order valence-electron chi connectivity index (χ3n) is 11.3. The first-order chi connectivity index (χ1) is 30.0. The number of unbranched alkanes of at least 4 members (excludes halogenated alkanes) is 23. The predicted molar refractivity (Wildman–Crippen MR) is 265 cm³/mol. The minimum absolute atomic E-state index is 0.00735. The third kappa shape index (κ3) is 46.2. The second-order valence-electron chi connectivity index (χ2n) is 18.5. The summed E-state index contributed by atoms with van der Waals surface area (Å²) in [7, 11) is 1.29. The van der Waals surface area contributed by atoms with Gasteiger partial charge in [0.05, 0.1) is 39.9 Å². The van der Waals surface area contributed by atoms with E-state index >= 15 is 0 Å². The fourth-order valence-corrected chi connectivity index (χ4v) is 7.97.